The van der Waals surface area contributed by atoms with E-state index in [1.54, 1.807) is 0 Å². The van der Waals surface area contributed by atoms with E-state index in [4.69, 9.17) is 17.3 Å². The minimum atomic E-state index is -0.477. The first-order valence-electron chi connectivity index (χ1n) is 5.58. The van der Waals surface area contributed by atoms with Gasteiger partial charge in [0.15, 0.2) is 0 Å². The summed E-state index contributed by atoms with van der Waals surface area (Å²) < 4.78 is 0.776. The molecular formula is C12H19ClN2OS. The van der Waals surface area contributed by atoms with Gasteiger partial charge in [0.1, 0.15) is 0 Å². The van der Waals surface area contributed by atoms with Gasteiger partial charge >= 0.3 is 0 Å². The molecular weight excluding hydrogens is 256 g/mol. The van der Waals surface area contributed by atoms with Crippen LogP contribution in [0.1, 0.15) is 25.6 Å². The van der Waals surface area contributed by atoms with Crippen molar-refractivity contribution in [3.05, 3.63) is 21.3 Å². The number of amides is 1. The van der Waals surface area contributed by atoms with Gasteiger partial charge in [-0.15, -0.1) is 11.3 Å². The number of hydrogen-bond acceptors (Lipinski definition) is 3. The summed E-state index contributed by atoms with van der Waals surface area (Å²) in [4.78, 5) is 12.9. The number of carbonyl (C=O) groups is 1. The highest BCUT2D eigenvalue weighted by Gasteiger charge is 2.26. The number of nitrogens with two attached hydrogens (primary N) is 1. The monoisotopic (exact) mass is 274 g/mol. The van der Waals surface area contributed by atoms with Crippen molar-refractivity contribution < 1.29 is 4.79 Å². The highest BCUT2D eigenvalue weighted by molar-refractivity contribution is 7.16. The normalized spacial score (nSPS) is 13.5. The average Bonchev–Trinajstić information content (AvgIpc) is 2.61. The van der Waals surface area contributed by atoms with Gasteiger partial charge in [-0.05, 0) is 24.0 Å². The van der Waals surface area contributed by atoms with Crippen LogP contribution in [0.3, 0.4) is 0 Å². The van der Waals surface area contributed by atoms with Gasteiger partial charge in [0, 0.05) is 11.4 Å². The van der Waals surface area contributed by atoms with Crippen molar-refractivity contribution in [2.45, 2.75) is 33.2 Å². The number of hydrogen-bond donors (Lipinski definition) is 2. The zero-order chi connectivity index (χ0) is 13.1. The Balaban J connectivity index is 2.34. The van der Waals surface area contributed by atoms with Crippen LogP contribution in [0.4, 0.5) is 0 Å². The van der Waals surface area contributed by atoms with E-state index in [9.17, 15) is 4.79 Å². The van der Waals surface area contributed by atoms with E-state index < -0.39 is 6.04 Å². The zero-order valence-corrected chi connectivity index (χ0v) is 12.0. The number of rotatable bonds is 4. The maximum Gasteiger partial charge on any atom is 0.237 e. The molecule has 96 valence electrons. The van der Waals surface area contributed by atoms with Gasteiger partial charge in [-0.2, -0.15) is 0 Å². The molecule has 0 radical (unpaired) electrons. The Kier molecular flexibility index (Phi) is 4.98. The quantitative estimate of drug-likeness (QED) is 0.886. The van der Waals surface area contributed by atoms with Crippen molar-refractivity contribution in [1.82, 2.24) is 5.32 Å². The zero-order valence-electron chi connectivity index (χ0n) is 10.4. The molecule has 0 spiro atoms. The molecule has 1 heterocycles. The fourth-order valence-corrected chi connectivity index (χ4v) is 2.39. The van der Waals surface area contributed by atoms with Crippen molar-refractivity contribution in [1.29, 1.82) is 0 Å². The molecule has 0 aliphatic rings. The lowest BCUT2D eigenvalue weighted by Crippen LogP contribution is -2.48. The molecule has 3 N–H and O–H groups in total. The summed E-state index contributed by atoms with van der Waals surface area (Å²) in [7, 11) is 0. The predicted octanol–water partition coefficient (Wildman–Crippen LogP) is 2.43. The van der Waals surface area contributed by atoms with E-state index in [2.05, 4.69) is 5.32 Å². The maximum atomic E-state index is 11.7. The van der Waals surface area contributed by atoms with Crippen molar-refractivity contribution in [2.24, 2.45) is 11.1 Å². The molecule has 1 atom stereocenters. The molecule has 1 aromatic heterocycles. The first kappa shape index (κ1) is 14.5. The molecule has 1 amide bonds. The van der Waals surface area contributed by atoms with Gasteiger partial charge in [-0.3, -0.25) is 4.79 Å². The van der Waals surface area contributed by atoms with Gasteiger partial charge in [-0.25, -0.2) is 0 Å². The van der Waals surface area contributed by atoms with Crippen LogP contribution in [0.2, 0.25) is 4.34 Å². The lowest BCUT2D eigenvalue weighted by atomic mass is 9.87. The Morgan fingerprint density at radius 3 is 2.65 bits per heavy atom. The van der Waals surface area contributed by atoms with Gasteiger partial charge in [0.05, 0.1) is 10.4 Å². The third kappa shape index (κ3) is 4.66. The second-order valence-electron chi connectivity index (χ2n) is 5.09. The molecule has 0 bridgehead atoms. The smallest absolute Gasteiger partial charge is 0.237 e. The third-order valence-corrected chi connectivity index (χ3v) is 3.81. The summed E-state index contributed by atoms with van der Waals surface area (Å²) in [5.41, 5.74) is 5.64. The summed E-state index contributed by atoms with van der Waals surface area (Å²) in [6.07, 6.45) is 0.792. The molecule has 0 saturated heterocycles. The number of halogens is 1. The van der Waals surface area contributed by atoms with E-state index in [1.807, 2.05) is 32.9 Å². The summed E-state index contributed by atoms with van der Waals surface area (Å²) in [6, 6.07) is 3.36. The second-order valence-corrected chi connectivity index (χ2v) is 6.89. The topological polar surface area (TPSA) is 55.1 Å². The number of carbonyl (C=O) groups excluding carboxylic acids is 1. The third-order valence-electron chi connectivity index (χ3n) is 2.51. The van der Waals surface area contributed by atoms with E-state index in [1.165, 1.54) is 16.2 Å². The fraction of sp³-hybridized carbons (Fsp3) is 0.583. The van der Waals surface area contributed by atoms with E-state index in [0.29, 0.717) is 6.54 Å². The second kappa shape index (κ2) is 5.85. The van der Waals surface area contributed by atoms with Crippen LogP contribution in [0, 0.1) is 5.41 Å². The molecule has 5 heteroatoms. The van der Waals surface area contributed by atoms with Crippen LogP contribution >= 0.6 is 22.9 Å². The largest absolute Gasteiger partial charge is 0.354 e. The molecule has 1 aromatic rings. The predicted molar refractivity (Wildman–Crippen MR) is 73.5 cm³/mol. The SMILES string of the molecule is CC(C)(C)C(N)C(=O)NCCc1ccc(Cl)s1. The lowest BCUT2D eigenvalue weighted by Gasteiger charge is -2.25. The Bertz CT molecular complexity index is 384. The number of nitrogens with one attached hydrogen (secondary N) is 1. The first-order chi connectivity index (χ1) is 7.80. The van der Waals surface area contributed by atoms with Crippen LogP contribution in [0.5, 0.6) is 0 Å². The van der Waals surface area contributed by atoms with Crippen LogP contribution in [-0.2, 0) is 11.2 Å². The average molecular weight is 275 g/mol. The highest BCUT2D eigenvalue weighted by atomic mass is 35.5. The van der Waals surface area contributed by atoms with Crippen molar-refractivity contribution in [3.63, 3.8) is 0 Å². The highest BCUT2D eigenvalue weighted by Crippen LogP contribution is 2.21. The first-order valence-corrected chi connectivity index (χ1v) is 6.77. The number of thiophene rings is 1. The molecule has 0 aromatic carbocycles. The van der Waals surface area contributed by atoms with Gasteiger partial charge in [0.2, 0.25) is 5.91 Å². The Labute approximate surface area is 111 Å². The molecule has 0 fully saturated rings. The lowest BCUT2D eigenvalue weighted by molar-refractivity contribution is -0.124. The molecule has 0 aliphatic heterocycles. The van der Waals surface area contributed by atoms with Gasteiger partial charge < -0.3 is 11.1 Å². The van der Waals surface area contributed by atoms with Crippen molar-refractivity contribution >= 4 is 28.8 Å². The van der Waals surface area contributed by atoms with Crippen LogP contribution < -0.4 is 11.1 Å². The van der Waals surface area contributed by atoms with Crippen molar-refractivity contribution in [3.8, 4) is 0 Å². The molecule has 1 unspecified atom stereocenters. The summed E-state index contributed by atoms with van der Waals surface area (Å²) in [5.74, 6) is -0.0971. The van der Waals surface area contributed by atoms with Gasteiger partial charge in [-0.1, -0.05) is 32.4 Å². The van der Waals surface area contributed by atoms with E-state index >= 15 is 0 Å². The van der Waals surface area contributed by atoms with Crippen LogP contribution in [0.25, 0.3) is 0 Å². The summed E-state index contributed by atoms with van der Waals surface area (Å²) >= 11 is 7.36. The molecule has 0 saturated carbocycles. The van der Waals surface area contributed by atoms with Crippen molar-refractivity contribution in [2.75, 3.05) is 6.54 Å². The molecule has 3 nitrogen and oxygen atoms in total. The minimum Gasteiger partial charge on any atom is -0.354 e. The standard InChI is InChI=1S/C12H19ClN2OS/c1-12(2,3)10(14)11(16)15-7-6-8-4-5-9(13)17-8/h4-5,10H,6-7,14H2,1-3H3,(H,15,16). The Hall–Kier alpha value is -0.580. The molecule has 0 aliphatic carbocycles. The Morgan fingerprint density at radius 2 is 2.18 bits per heavy atom. The van der Waals surface area contributed by atoms with Crippen LogP contribution in [-0.4, -0.2) is 18.5 Å². The maximum absolute atomic E-state index is 11.7. The van der Waals surface area contributed by atoms with Crippen LogP contribution in [0.15, 0.2) is 12.1 Å². The molecule has 17 heavy (non-hydrogen) atoms. The molecule has 1 rings (SSSR count). The Morgan fingerprint density at radius 1 is 1.53 bits per heavy atom. The minimum absolute atomic E-state index is 0.0971. The summed E-state index contributed by atoms with van der Waals surface area (Å²) in [6.45, 7) is 6.46. The fourth-order valence-electron chi connectivity index (χ4n) is 1.30. The van der Waals surface area contributed by atoms with Gasteiger partial charge in [0.25, 0.3) is 0 Å². The van der Waals surface area contributed by atoms with E-state index in [-0.39, 0.29) is 11.3 Å². The van der Waals surface area contributed by atoms with E-state index in [0.717, 1.165) is 10.8 Å². The summed E-state index contributed by atoms with van der Waals surface area (Å²) in [5, 5.41) is 2.85.